The molecular formula is C14H18N2O2. The maximum atomic E-state index is 12.4. The molecule has 1 aromatic rings. The fraction of sp³-hybridized carbons (Fsp3) is 0.429. The van der Waals surface area contributed by atoms with Crippen LogP contribution in [0.4, 0.5) is 11.4 Å². The van der Waals surface area contributed by atoms with Crippen LogP contribution in [-0.2, 0) is 9.59 Å². The number of rotatable bonds is 2. The number of carbonyl (C=O) groups is 2. The normalized spacial score (nSPS) is 19.8. The van der Waals surface area contributed by atoms with Gasteiger partial charge in [0.2, 0.25) is 12.3 Å². The van der Waals surface area contributed by atoms with Crippen LogP contribution in [0, 0.1) is 5.92 Å². The molecule has 2 rings (SSSR count). The quantitative estimate of drug-likeness (QED) is 0.749. The zero-order valence-corrected chi connectivity index (χ0v) is 11.0. The first-order valence-electron chi connectivity index (χ1n) is 6.20. The summed E-state index contributed by atoms with van der Waals surface area (Å²) < 4.78 is 0. The van der Waals surface area contributed by atoms with E-state index in [-0.39, 0.29) is 17.9 Å². The first kappa shape index (κ1) is 12.6. The second-order valence-electron chi connectivity index (χ2n) is 4.95. The van der Waals surface area contributed by atoms with Crippen molar-refractivity contribution in [2.24, 2.45) is 5.92 Å². The van der Waals surface area contributed by atoms with Crippen molar-refractivity contribution in [2.75, 3.05) is 16.3 Å². The van der Waals surface area contributed by atoms with E-state index in [9.17, 15) is 9.59 Å². The lowest BCUT2D eigenvalue weighted by atomic mass is 10.1. The second kappa shape index (κ2) is 4.80. The standard InChI is InChI=1S/C14H18N2O2/c1-10(2)16-13-7-5-4-6-12(13)15(9-17)8-11(3)14(16)18/h4-7,9-11H,8H2,1-3H3. The van der Waals surface area contributed by atoms with E-state index in [1.54, 1.807) is 9.80 Å². The summed E-state index contributed by atoms with van der Waals surface area (Å²) in [7, 11) is 0. The van der Waals surface area contributed by atoms with Gasteiger partial charge in [0.25, 0.3) is 0 Å². The third-order valence-electron chi connectivity index (χ3n) is 3.22. The molecule has 18 heavy (non-hydrogen) atoms. The highest BCUT2D eigenvalue weighted by Crippen LogP contribution is 2.34. The van der Waals surface area contributed by atoms with Gasteiger partial charge in [0, 0.05) is 12.6 Å². The zero-order chi connectivity index (χ0) is 13.3. The summed E-state index contributed by atoms with van der Waals surface area (Å²) in [4.78, 5) is 27.0. The van der Waals surface area contributed by atoms with Crippen molar-refractivity contribution in [3.8, 4) is 0 Å². The number of hydrogen-bond acceptors (Lipinski definition) is 2. The van der Waals surface area contributed by atoms with Crippen LogP contribution in [-0.4, -0.2) is 24.9 Å². The lowest BCUT2D eigenvalue weighted by molar-refractivity contribution is -0.121. The number of carbonyl (C=O) groups excluding carboxylic acids is 2. The van der Waals surface area contributed by atoms with Crippen molar-refractivity contribution in [3.63, 3.8) is 0 Å². The number of amides is 2. The van der Waals surface area contributed by atoms with E-state index >= 15 is 0 Å². The van der Waals surface area contributed by atoms with Gasteiger partial charge in [-0.15, -0.1) is 0 Å². The summed E-state index contributed by atoms with van der Waals surface area (Å²) in [6.07, 6.45) is 0.798. The van der Waals surface area contributed by atoms with Crippen LogP contribution < -0.4 is 9.80 Å². The molecule has 1 unspecified atom stereocenters. The van der Waals surface area contributed by atoms with Gasteiger partial charge in [-0.2, -0.15) is 0 Å². The molecule has 1 heterocycles. The number of nitrogens with zero attached hydrogens (tertiary/aromatic N) is 2. The molecule has 1 aliphatic heterocycles. The molecule has 0 radical (unpaired) electrons. The van der Waals surface area contributed by atoms with Crippen LogP contribution in [0.2, 0.25) is 0 Å². The molecule has 2 amide bonds. The molecular weight excluding hydrogens is 228 g/mol. The molecule has 0 saturated heterocycles. The highest BCUT2D eigenvalue weighted by molar-refractivity contribution is 6.02. The minimum Gasteiger partial charge on any atom is -0.312 e. The Balaban J connectivity index is 2.59. The second-order valence-corrected chi connectivity index (χ2v) is 4.95. The van der Waals surface area contributed by atoms with Gasteiger partial charge >= 0.3 is 0 Å². The minimum atomic E-state index is -0.190. The van der Waals surface area contributed by atoms with Crippen molar-refractivity contribution in [1.82, 2.24) is 0 Å². The molecule has 0 saturated carbocycles. The number of hydrogen-bond donors (Lipinski definition) is 0. The Hall–Kier alpha value is -1.84. The van der Waals surface area contributed by atoms with E-state index in [0.717, 1.165) is 17.8 Å². The summed E-state index contributed by atoms with van der Waals surface area (Å²) in [6, 6.07) is 7.62. The average molecular weight is 246 g/mol. The Morgan fingerprint density at radius 1 is 1.28 bits per heavy atom. The molecule has 4 nitrogen and oxygen atoms in total. The summed E-state index contributed by atoms with van der Waals surface area (Å²) in [5.74, 6) is -0.119. The maximum Gasteiger partial charge on any atom is 0.231 e. The summed E-state index contributed by atoms with van der Waals surface area (Å²) in [5.41, 5.74) is 1.62. The summed E-state index contributed by atoms with van der Waals surface area (Å²) in [6.45, 7) is 6.26. The molecule has 1 aromatic carbocycles. The zero-order valence-electron chi connectivity index (χ0n) is 11.0. The molecule has 0 spiro atoms. The molecule has 1 aliphatic rings. The van der Waals surface area contributed by atoms with Gasteiger partial charge in [0.05, 0.1) is 17.3 Å². The Morgan fingerprint density at radius 2 is 1.89 bits per heavy atom. The van der Waals surface area contributed by atoms with Gasteiger partial charge in [0.1, 0.15) is 0 Å². The first-order chi connectivity index (χ1) is 8.56. The van der Waals surface area contributed by atoms with Gasteiger partial charge < -0.3 is 9.80 Å². The van der Waals surface area contributed by atoms with Crippen molar-refractivity contribution in [2.45, 2.75) is 26.8 Å². The molecule has 0 N–H and O–H groups in total. The number of para-hydroxylation sites is 2. The predicted molar refractivity (Wildman–Crippen MR) is 71.6 cm³/mol. The summed E-state index contributed by atoms with van der Waals surface area (Å²) in [5, 5.41) is 0. The summed E-state index contributed by atoms with van der Waals surface area (Å²) >= 11 is 0. The Kier molecular flexibility index (Phi) is 3.36. The lowest BCUT2D eigenvalue weighted by Gasteiger charge is -2.28. The average Bonchev–Trinajstić information content (AvgIpc) is 2.45. The van der Waals surface area contributed by atoms with Crippen LogP contribution >= 0.6 is 0 Å². The largest absolute Gasteiger partial charge is 0.312 e. The SMILES string of the molecule is CC1CN(C=O)c2ccccc2N(C(C)C)C1=O. The third kappa shape index (κ3) is 1.98. The van der Waals surface area contributed by atoms with Crippen LogP contribution in [0.5, 0.6) is 0 Å². The third-order valence-corrected chi connectivity index (χ3v) is 3.22. The van der Waals surface area contributed by atoms with Gasteiger partial charge in [-0.3, -0.25) is 9.59 Å². The van der Waals surface area contributed by atoms with Gasteiger partial charge in [-0.25, -0.2) is 0 Å². The highest BCUT2D eigenvalue weighted by atomic mass is 16.2. The van der Waals surface area contributed by atoms with E-state index in [0.29, 0.717) is 6.54 Å². The maximum absolute atomic E-state index is 12.4. The van der Waals surface area contributed by atoms with E-state index in [1.165, 1.54) is 0 Å². The predicted octanol–water partition coefficient (Wildman–Crippen LogP) is 2.04. The van der Waals surface area contributed by atoms with E-state index in [2.05, 4.69) is 0 Å². The van der Waals surface area contributed by atoms with Crippen molar-refractivity contribution in [1.29, 1.82) is 0 Å². The smallest absolute Gasteiger partial charge is 0.231 e. The van der Waals surface area contributed by atoms with E-state index in [4.69, 9.17) is 0 Å². The van der Waals surface area contributed by atoms with Crippen molar-refractivity contribution >= 4 is 23.7 Å². The van der Waals surface area contributed by atoms with Crippen LogP contribution in [0.15, 0.2) is 24.3 Å². The number of fused-ring (bicyclic) bond motifs is 1. The van der Waals surface area contributed by atoms with Crippen LogP contribution in [0.3, 0.4) is 0 Å². The molecule has 1 atom stereocenters. The molecule has 0 fully saturated rings. The molecule has 4 heteroatoms. The first-order valence-corrected chi connectivity index (χ1v) is 6.20. The van der Waals surface area contributed by atoms with Crippen molar-refractivity contribution in [3.05, 3.63) is 24.3 Å². The Bertz CT molecular complexity index is 471. The van der Waals surface area contributed by atoms with Crippen LogP contribution in [0.25, 0.3) is 0 Å². The number of benzene rings is 1. The lowest BCUT2D eigenvalue weighted by Crippen LogP contribution is -2.40. The minimum absolute atomic E-state index is 0.0711. The molecule has 96 valence electrons. The monoisotopic (exact) mass is 246 g/mol. The fourth-order valence-electron chi connectivity index (χ4n) is 2.37. The fourth-order valence-corrected chi connectivity index (χ4v) is 2.37. The molecule has 0 aliphatic carbocycles. The van der Waals surface area contributed by atoms with E-state index in [1.807, 2.05) is 45.0 Å². The molecule has 0 bridgehead atoms. The topological polar surface area (TPSA) is 40.6 Å². The van der Waals surface area contributed by atoms with Crippen LogP contribution in [0.1, 0.15) is 20.8 Å². The van der Waals surface area contributed by atoms with Crippen molar-refractivity contribution < 1.29 is 9.59 Å². The van der Waals surface area contributed by atoms with Gasteiger partial charge in [0.15, 0.2) is 0 Å². The number of anilines is 2. The van der Waals surface area contributed by atoms with Gasteiger partial charge in [-0.05, 0) is 26.0 Å². The molecule has 0 aromatic heterocycles. The highest BCUT2D eigenvalue weighted by Gasteiger charge is 2.32. The Morgan fingerprint density at radius 3 is 2.44 bits per heavy atom. The van der Waals surface area contributed by atoms with E-state index < -0.39 is 0 Å². The van der Waals surface area contributed by atoms with Gasteiger partial charge in [-0.1, -0.05) is 19.1 Å². The Labute approximate surface area is 107 Å².